The van der Waals surface area contributed by atoms with Crippen LogP contribution in [0.1, 0.15) is 24.0 Å². The number of amides is 1. The van der Waals surface area contributed by atoms with Crippen molar-refractivity contribution in [1.82, 2.24) is 25.3 Å². The van der Waals surface area contributed by atoms with Crippen LogP contribution in [-0.2, 0) is 17.9 Å². The molecule has 0 saturated carbocycles. The highest BCUT2D eigenvalue weighted by Gasteiger charge is 2.36. The summed E-state index contributed by atoms with van der Waals surface area (Å²) in [5.41, 5.74) is 2.34. The highest BCUT2D eigenvalue weighted by molar-refractivity contribution is 5.78. The second kappa shape index (κ2) is 8.01. The number of carbonyl (C=O) groups excluding carboxylic acids is 1. The van der Waals surface area contributed by atoms with E-state index in [1.54, 1.807) is 6.20 Å². The van der Waals surface area contributed by atoms with Crippen LogP contribution in [0.3, 0.4) is 0 Å². The quantitative estimate of drug-likeness (QED) is 0.820. The van der Waals surface area contributed by atoms with Crippen molar-refractivity contribution in [2.75, 3.05) is 26.2 Å². The number of hydrogen-bond donors (Lipinski definition) is 2. The number of hydrogen-bond acceptors (Lipinski definition) is 4. The molecule has 0 radical (unpaired) electrons. The summed E-state index contributed by atoms with van der Waals surface area (Å²) in [5.74, 6) is 0.879. The minimum absolute atomic E-state index is 0.116. The van der Waals surface area contributed by atoms with Gasteiger partial charge in [0.15, 0.2) is 0 Å². The Morgan fingerprint density at radius 3 is 2.96 bits per heavy atom. The summed E-state index contributed by atoms with van der Waals surface area (Å²) >= 11 is 0. The Labute approximate surface area is 154 Å². The van der Waals surface area contributed by atoms with Gasteiger partial charge < -0.3 is 10.6 Å². The first kappa shape index (κ1) is 17.2. The first-order chi connectivity index (χ1) is 12.8. The van der Waals surface area contributed by atoms with Crippen LogP contribution in [0, 0.1) is 5.92 Å². The lowest BCUT2D eigenvalue weighted by Crippen LogP contribution is -2.48. The molecule has 2 aromatic rings. The van der Waals surface area contributed by atoms with Gasteiger partial charge in [0, 0.05) is 31.5 Å². The maximum atomic E-state index is 12.5. The molecule has 2 aliphatic heterocycles. The number of nitrogens with one attached hydrogen (secondary N) is 2. The van der Waals surface area contributed by atoms with E-state index in [-0.39, 0.29) is 5.91 Å². The van der Waals surface area contributed by atoms with Crippen LogP contribution in [0.25, 0.3) is 0 Å². The largest absolute Gasteiger partial charge is 0.351 e. The Morgan fingerprint density at radius 1 is 1.23 bits per heavy atom. The van der Waals surface area contributed by atoms with Gasteiger partial charge in [-0.1, -0.05) is 24.3 Å². The highest BCUT2D eigenvalue weighted by atomic mass is 16.2. The van der Waals surface area contributed by atoms with Crippen molar-refractivity contribution >= 4 is 5.91 Å². The second-order valence-electron chi connectivity index (χ2n) is 7.33. The Hall–Kier alpha value is -2.18. The average Bonchev–Trinajstić information content (AvgIpc) is 3.31. The van der Waals surface area contributed by atoms with Crippen LogP contribution in [-0.4, -0.2) is 52.8 Å². The molecular formula is C20H27N5O. The van der Waals surface area contributed by atoms with Crippen molar-refractivity contribution in [3.63, 3.8) is 0 Å². The van der Waals surface area contributed by atoms with Gasteiger partial charge in [0.05, 0.1) is 13.1 Å². The lowest BCUT2D eigenvalue weighted by Gasteiger charge is -2.31. The van der Waals surface area contributed by atoms with E-state index in [0.717, 1.165) is 37.7 Å². The first-order valence-electron chi connectivity index (χ1n) is 9.55. The van der Waals surface area contributed by atoms with Gasteiger partial charge >= 0.3 is 0 Å². The van der Waals surface area contributed by atoms with Crippen LogP contribution in [0.2, 0.25) is 0 Å². The molecule has 138 valence electrons. The van der Waals surface area contributed by atoms with Gasteiger partial charge in [-0.05, 0) is 49.0 Å². The molecule has 2 unspecified atom stereocenters. The molecular weight excluding hydrogens is 326 g/mol. The third-order valence-corrected chi connectivity index (χ3v) is 5.68. The van der Waals surface area contributed by atoms with Gasteiger partial charge in [-0.2, -0.15) is 5.10 Å². The molecule has 26 heavy (non-hydrogen) atoms. The molecule has 2 saturated heterocycles. The average molecular weight is 353 g/mol. The lowest BCUT2D eigenvalue weighted by atomic mass is 9.93. The van der Waals surface area contributed by atoms with Gasteiger partial charge in [0.1, 0.15) is 0 Å². The number of rotatable bonds is 6. The van der Waals surface area contributed by atoms with E-state index in [4.69, 9.17) is 0 Å². The fourth-order valence-corrected chi connectivity index (χ4v) is 4.24. The zero-order chi connectivity index (χ0) is 17.8. The van der Waals surface area contributed by atoms with Crippen LogP contribution in [0.4, 0.5) is 0 Å². The van der Waals surface area contributed by atoms with Crippen LogP contribution in [0.5, 0.6) is 0 Å². The van der Waals surface area contributed by atoms with Gasteiger partial charge in [-0.15, -0.1) is 0 Å². The molecule has 6 nitrogen and oxygen atoms in total. The molecule has 1 aromatic heterocycles. The minimum Gasteiger partial charge on any atom is -0.351 e. The van der Waals surface area contributed by atoms with Crippen molar-refractivity contribution in [2.24, 2.45) is 5.92 Å². The smallest absolute Gasteiger partial charge is 0.234 e. The molecule has 2 atom stereocenters. The fourth-order valence-electron chi connectivity index (χ4n) is 4.24. The van der Waals surface area contributed by atoms with Crippen molar-refractivity contribution in [1.29, 1.82) is 0 Å². The standard InChI is InChI=1S/C20H27N5O/c26-20(15-24-11-7-16-6-9-21-13-19(16)24)22-12-17-4-1-2-5-18(17)14-25-10-3-8-23-25/h1-5,8,10,16,19,21H,6-7,9,11-15H2,(H,22,26). The van der Waals surface area contributed by atoms with Gasteiger partial charge in [-0.25, -0.2) is 0 Å². The third-order valence-electron chi connectivity index (χ3n) is 5.68. The Kier molecular flexibility index (Phi) is 5.32. The third kappa shape index (κ3) is 3.97. The normalized spacial score (nSPS) is 22.9. The minimum atomic E-state index is 0.116. The molecule has 0 aliphatic carbocycles. The van der Waals surface area contributed by atoms with Gasteiger partial charge in [-0.3, -0.25) is 14.4 Å². The van der Waals surface area contributed by atoms with Crippen LogP contribution < -0.4 is 10.6 Å². The number of fused-ring (bicyclic) bond motifs is 1. The molecule has 3 heterocycles. The van der Waals surface area contributed by atoms with Crippen LogP contribution >= 0.6 is 0 Å². The molecule has 2 aliphatic rings. The highest BCUT2D eigenvalue weighted by Crippen LogP contribution is 2.28. The maximum Gasteiger partial charge on any atom is 0.234 e. The molecule has 4 rings (SSSR count). The summed E-state index contributed by atoms with van der Waals surface area (Å²) in [5, 5.41) is 10.8. The molecule has 2 N–H and O–H groups in total. The molecule has 0 spiro atoms. The molecule has 1 amide bonds. The summed E-state index contributed by atoms with van der Waals surface area (Å²) in [6, 6.07) is 10.7. The molecule has 6 heteroatoms. The van der Waals surface area contributed by atoms with Crippen LogP contribution in [0.15, 0.2) is 42.7 Å². The zero-order valence-electron chi connectivity index (χ0n) is 15.1. The number of benzene rings is 1. The van der Waals surface area contributed by atoms with Crippen molar-refractivity contribution in [3.05, 3.63) is 53.9 Å². The number of aromatic nitrogens is 2. The molecule has 2 fully saturated rings. The van der Waals surface area contributed by atoms with Gasteiger partial charge in [0.25, 0.3) is 0 Å². The fraction of sp³-hybridized carbons (Fsp3) is 0.500. The topological polar surface area (TPSA) is 62.2 Å². The molecule has 0 bridgehead atoms. The second-order valence-corrected chi connectivity index (χ2v) is 7.33. The number of piperidine rings is 1. The lowest BCUT2D eigenvalue weighted by molar-refractivity contribution is -0.122. The zero-order valence-corrected chi connectivity index (χ0v) is 15.1. The Bertz CT molecular complexity index is 730. The molecule has 1 aromatic carbocycles. The summed E-state index contributed by atoms with van der Waals surface area (Å²) in [4.78, 5) is 14.8. The van der Waals surface area contributed by atoms with E-state index in [2.05, 4.69) is 32.8 Å². The summed E-state index contributed by atoms with van der Waals surface area (Å²) in [7, 11) is 0. The van der Waals surface area contributed by atoms with E-state index in [0.29, 0.717) is 19.1 Å². The van der Waals surface area contributed by atoms with Gasteiger partial charge in [0.2, 0.25) is 5.91 Å². The summed E-state index contributed by atoms with van der Waals surface area (Å²) < 4.78 is 1.90. The summed E-state index contributed by atoms with van der Waals surface area (Å²) in [6.45, 7) is 4.97. The van der Waals surface area contributed by atoms with E-state index in [1.165, 1.54) is 18.4 Å². The first-order valence-corrected chi connectivity index (χ1v) is 9.55. The predicted octanol–water partition coefficient (Wildman–Crippen LogP) is 1.23. The monoisotopic (exact) mass is 353 g/mol. The van der Waals surface area contributed by atoms with Crippen molar-refractivity contribution < 1.29 is 4.79 Å². The van der Waals surface area contributed by atoms with E-state index < -0.39 is 0 Å². The summed E-state index contributed by atoms with van der Waals surface area (Å²) in [6.07, 6.45) is 6.21. The Balaban J connectivity index is 1.32. The predicted molar refractivity (Wildman–Crippen MR) is 101 cm³/mol. The number of carbonyl (C=O) groups is 1. The number of nitrogens with zero attached hydrogens (tertiary/aromatic N) is 3. The van der Waals surface area contributed by atoms with Crippen molar-refractivity contribution in [2.45, 2.75) is 32.0 Å². The van der Waals surface area contributed by atoms with E-state index in [9.17, 15) is 4.79 Å². The SMILES string of the molecule is O=C(CN1CCC2CCNCC21)NCc1ccccc1Cn1cccn1. The van der Waals surface area contributed by atoms with E-state index >= 15 is 0 Å². The Morgan fingerprint density at radius 2 is 2.12 bits per heavy atom. The maximum absolute atomic E-state index is 12.5. The van der Waals surface area contributed by atoms with Crippen molar-refractivity contribution in [3.8, 4) is 0 Å². The number of likely N-dealkylation sites (tertiary alicyclic amines) is 1. The van der Waals surface area contributed by atoms with E-state index in [1.807, 2.05) is 29.1 Å².